The first kappa shape index (κ1) is 20.5. The molecule has 0 spiro atoms. The third kappa shape index (κ3) is 4.23. The van der Waals surface area contributed by atoms with Crippen molar-refractivity contribution in [2.24, 2.45) is 0 Å². The van der Waals surface area contributed by atoms with Crippen molar-refractivity contribution in [2.75, 3.05) is 0 Å². The first-order valence-electron chi connectivity index (χ1n) is 10.4. The Morgan fingerprint density at radius 2 is 1.77 bits per heavy atom. The molecule has 6 heteroatoms. The van der Waals surface area contributed by atoms with Crippen LogP contribution in [0.25, 0.3) is 22.4 Å². The van der Waals surface area contributed by atoms with Crippen LogP contribution in [0, 0.1) is 0 Å². The van der Waals surface area contributed by atoms with Crippen molar-refractivity contribution >= 4 is 17.1 Å². The molecule has 2 aromatic carbocycles. The monoisotopic (exact) mass is 412 g/mol. The number of aromatic nitrogens is 3. The molecule has 156 valence electrons. The topological polar surface area (TPSA) is 76.9 Å². The van der Waals surface area contributed by atoms with Crippen LogP contribution < -0.4 is 10.9 Å². The Morgan fingerprint density at radius 1 is 1.03 bits per heavy atom. The number of nitrogens with zero attached hydrogens (tertiary/aromatic N) is 3. The Balaban J connectivity index is 1.62. The number of carbonyl (C=O) groups is 1. The second kappa shape index (κ2) is 8.92. The van der Waals surface area contributed by atoms with E-state index in [-0.39, 0.29) is 17.5 Å². The Kier molecular flexibility index (Phi) is 5.89. The minimum absolute atomic E-state index is 0.107. The molecule has 1 atom stereocenters. The number of rotatable bonds is 6. The molecule has 31 heavy (non-hydrogen) atoms. The number of fused-ring (bicyclic) bond motifs is 1. The van der Waals surface area contributed by atoms with Gasteiger partial charge in [0.05, 0.1) is 6.04 Å². The molecule has 6 nitrogen and oxygen atoms in total. The van der Waals surface area contributed by atoms with Crippen LogP contribution in [0.15, 0.2) is 77.7 Å². The summed E-state index contributed by atoms with van der Waals surface area (Å²) in [7, 11) is 0. The minimum Gasteiger partial charge on any atom is -0.346 e. The van der Waals surface area contributed by atoms with Crippen LogP contribution in [0.2, 0.25) is 0 Å². The van der Waals surface area contributed by atoms with Gasteiger partial charge >= 0.3 is 0 Å². The first-order valence-corrected chi connectivity index (χ1v) is 10.4. The van der Waals surface area contributed by atoms with Crippen molar-refractivity contribution in [2.45, 2.75) is 32.9 Å². The van der Waals surface area contributed by atoms with Crippen LogP contribution in [0.4, 0.5) is 0 Å². The normalized spacial score (nSPS) is 11.9. The molecule has 0 fully saturated rings. The molecule has 2 heterocycles. The summed E-state index contributed by atoms with van der Waals surface area (Å²) < 4.78 is 1.67. The number of nitrogens with one attached hydrogen (secondary N) is 1. The lowest BCUT2D eigenvalue weighted by Crippen LogP contribution is -2.26. The average molecular weight is 412 g/mol. The predicted molar refractivity (Wildman–Crippen MR) is 122 cm³/mol. The third-order valence-electron chi connectivity index (χ3n) is 5.22. The number of aryl methyl sites for hydroxylation is 1. The lowest BCUT2D eigenvalue weighted by molar-refractivity contribution is 0.0940. The summed E-state index contributed by atoms with van der Waals surface area (Å²) in [5, 5.41) is 3.00. The highest BCUT2D eigenvalue weighted by molar-refractivity contribution is 5.95. The molecule has 0 bridgehead atoms. The summed E-state index contributed by atoms with van der Waals surface area (Å²) in [5.41, 5.74) is 3.68. The molecule has 0 aliphatic rings. The zero-order valence-electron chi connectivity index (χ0n) is 17.6. The predicted octanol–water partition coefficient (Wildman–Crippen LogP) is 4.36. The van der Waals surface area contributed by atoms with Crippen molar-refractivity contribution in [1.29, 1.82) is 0 Å². The van der Waals surface area contributed by atoms with E-state index in [1.54, 1.807) is 41.1 Å². The van der Waals surface area contributed by atoms with Crippen molar-refractivity contribution in [1.82, 2.24) is 19.9 Å². The van der Waals surface area contributed by atoms with Gasteiger partial charge < -0.3 is 5.32 Å². The van der Waals surface area contributed by atoms with Crippen molar-refractivity contribution in [3.8, 4) is 11.3 Å². The van der Waals surface area contributed by atoms with Crippen LogP contribution in [0.3, 0.4) is 0 Å². The SMILES string of the molecule is CCCn1c(=O)c(-c2ccc(C(=O)N[C@@H](C)c3ccccc3)cc2)nc2cccnc21. The van der Waals surface area contributed by atoms with Crippen molar-refractivity contribution < 1.29 is 4.79 Å². The van der Waals surface area contributed by atoms with Gasteiger partial charge in [0.25, 0.3) is 11.5 Å². The highest BCUT2D eigenvalue weighted by atomic mass is 16.1. The molecule has 1 N–H and O–H groups in total. The van der Waals surface area contributed by atoms with E-state index in [9.17, 15) is 9.59 Å². The Bertz CT molecular complexity index is 1260. The molecule has 4 rings (SSSR count). The molecule has 0 saturated heterocycles. The van der Waals surface area contributed by atoms with Gasteiger partial charge in [-0.25, -0.2) is 9.97 Å². The summed E-state index contributed by atoms with van der Waals surface area (Å²) in [6, 6.07) is 20.3. The summed E-state index contributed by atoms with van der Waals surface area (Å²) >= 11 is 0. The fraction of sp³-hybridized carbons (Fsp3) is 0.200. The lowest BCUT2D eigenvalue weighted by Gasteiger charge is -2.14. The zero-order chi connectivity index (χ0) is 21.8. The lowest BCUT2D eigenvalue weighted by atomic mass is 10.1. The molecule has 0 unspecified atom stereocenters. The maximum absolute atomic E-state index is 13.1. The fourth-order valence-electron chi connectivity index (χ4n) is 3.58. The highest BCUT2D eigenvalue weighted by Crippen LogP contribution is 2.19. The summed E-state index contributed by atoms with van der Waals surface area (Å²) in [6.45, 7) is 4.54. The van der Waals surface area contributed by atoms with E-state index >= 15 is 0 Å². The summed E-state index contributed by atoms with van der Waals surface area (Å²) in [6.07, 6.45) is 2.48. The van der Waals surface area contributed by atoms with E-state index in [4.69, 9.17) is 0 Å². The molecular formula is C25H24N4O2. The minimum atomic E-state index is -0.178. The van der Waals surface area contributed by atoms with Gasteiger partial charge in [-0.2, -0.15) is 0 Å². The molecule has 0 saturated carbocycles. The van der Waals surface area contributed by atoms with E-state index in [2.05, 4.69) is 15.3 Å². The summed E-state index contributed by atoms with van der Waals surface area (Å²) in [5.74, 6) is -0.165. The van der Waals surface area contributed by atoms with Crippen LogP contribution in [0.5, 0.6) is 0 Å². The van der Waals surface area contributed by atoms with Crippen LogP contribution in [-0.2, 0) is 6.54 Å². The molecule has 2 aromatic heterocycles. The number of benzene rings is 2. The van der Waals surface area contributed by atoms with Crippen LogP contribution >= 0.6 is 0 Å². The molecule has 1 amide bonds. The number of hydrogen-bond acceptors (Lipinski definition) is 4. The largest absolute Gasteiger partial charge is 0.346 e. The second-order valence-corrected chi connectivity index (χ2v) is 7.45. The van der Waals surface area contributed by atoms with Gasteiger partial charge in [0, 0.05) is 23.9 Å². The smallest absolute Gasteiger partial charge is 0.278 e. The quantitative estimate of drug-likeness (QED) is 0.510. The number of carbonyl (C=O) groups excluding carboxylic acids is 1. The van der Waals surface area contributed by atoms with Crippen molar-refractivity contribution in [3.05, 3.63) is 94.4 Å². The average Bonchev–Trinajstić information content (AvgIpc) is 2.81. The van der Waals surface area contributed by atoms with Gasteiger partial charge in [0.2, 0.25) is 0 Å². The number of amides is 1. The Hall–Kier alpha value is -3.80. The molecule has 0 aliphatic heterocycles. The Labute approximate surface area is 180 Å². The third-order valence-corrected chi connectivity index (χ3v) is 5.22. The van der Waals surface area contributed by atoms with Gasteiger partial charge in [0.1, 0.15) is 11.2 Å². The highest BCUT2D eigenvalue weighted by Gasteiger charge is 2.15. The van der Waals surface area contributed by atoms with E-state index < -0.39 is 0 Å². The maximum Gasteiger partial charge on any atom is 0.278 e. The van der Waals surface area contributed by atoms with E-state index in [0.29, 0.717) is 34.5 Å². The van der Waals surface area contributed by atoms with Gasteiger partial charge in [0.15, 0.2) is 5.65 Å². The zero-order valence-corrected chi connectivity index (χ0v) is 17.6. The fourth-order valence-corrected chi connectivity index (χ4v) is 3.58. The van der Waals surface area contributed by atoms with Gasteiger partial charge in [-0.1, -0.05) is 49.4 Å². The molecule has 0 aliphatic carbocycles. The Morgan fingerprint density at radius 3 is 2.48 bits per heavy atom. The number of hydrogen-bond donors (Lipinski definition) is 1. The maximum atomic E-state index is 13.1. The molecular weight excluding hydrogens is 388 g/mol. The number of pyridine rings is 1. The summed E-state index contributed by atoms with van der Waals surface area (Å²) in [4.78, 5) is 34.6. The van der Waals surface area contributed by atoms with E-state index in [0.717, 1.165) is 12.0 Å². The van der Waals surface area contributed by atoms with E-state index in [1.165, 1.54) is 0 Å². The first-order chi connectivity index (χ1) is 15.1. The molecule has 4 aromatic rings. The standard InChI is InChI=1S/C25H24N4O2/c1-3-16-29-23-21(10-7-15-26-23)28-22(25(29)31)19-11-13-20(14-12-19)24(30)27-17(2)18-8-5-4-6-9-18/h4-15,17H,3,16H2,1-2H3,(H,27,30)/t17-/m0/s1. The van der Waals surface area contributed by atoms with Gasteiger partial charge in [-0.15, -0.1) is 0 Å². The van der Waals surface area contributed by atoms with Crippen molar-refractivity contribution in [3.63, 3.8) is 0 Å². The van der Waals surface area contributed by atoms with E-state index in [1.807, 2.05) is 50.2 Å². The van der Waals surface area contributed by atoms with Gasteiger partial charge in [-0.3, -0.25) is 14.2 Å². The van der Waals surface area contributed by atoms with Crippen LogP contribution in [0.1, 0.15) is 42.2 Å². The van der Waals surface area contributed by atoms with Crippen LogP contribution in [-0.4, -0.2) is 20.4 Å². The van der Waals surface area contributed by atoms with Gasteiger partial charge in [-0.05, 0) is 43.2 Å². The molecule has 0 radical (unpaired) electrons. The second-order valence-electron chi connectivity index (χ2n) is 7.45.